The van der Waals surface area contributed by atoms with E-state index in [-0.39, 0.29) is 0 Å². The molecule has 0 aromatic carbocycles. The highest BCUT2D eigenvalue weighted by Gasteiger charge is 2.13. The lowest BCUT2D eigenvalue weighted by atomic mass is 9.90. The average molecular weight is 329 g/mol. The first kappa shape index (κ1) is 16.0. The molecule has 1 fully saturated rings. The van der Waals surface area contributed by atoms with E-state index in [9.17, 15) is 0 Å². The van der Waals surface area contributed by atoms with Crippen molar-refractivity contribution in [2.24, 2.45) is 16.0 Å². The predicted octanol–water partition coefficient (Wildman–Crippen LogP) is 4.70. The summed E-state index contributed by atoms with van der Waals surface area (Å²) in [5.41, 5.74) is 1.99. The smallest absolute Gasteiger partial charge is 0.206 e. The van der Waals surface area contributed by atoms with Crippen LogP contribution in [0.1, 0.15) is 39.0 Å². The second-order valence-electron chi connectivity index (χ2n) is 6.13. The van der Waals surface area contributed by atoms with Crippen LogP contribution in [0.3, 0.4) is 0 Å². The maximum absolute atomic E-state index is 5.54. The summed E-state index contributed by atoms with van der Waals surface area (Å²) in [5, 5.41) is 6.79. The number of thiazole rings is 1. The van der Waals surface area contributed by atoms with Crippen molar-refractivity contribution >= 4 is 17.6 Å². The fourth-order valence-electron chi connectivity index (χ4n) is 2.76. The largest absolute Gasteiger partial charge is 0.463 e. The van der Waals surface area contributed by atoms with Crippen LogP contribution >= 0.6 is 11.3 Å². The van der Waals surface area contributed by atoms with E-state index in [0.29, 0.717) is 12.5 Å². The van der Waals surface area contributed by atoms with Crippen LogP contribution in [0.2, 0.25) is 0 Å². The van der Waals surface area contributed by atoms with Crippen molar-refractivity contribution < 1.29 is 4.42 Å². The van der Waals surface area contributed by atoms with E-state index >= 15 is 0 Å². The highest BCUT2D eigenvalue weighted by molar-refractivity contribution is 7.07. The van der Waals surface area contributed by atoms with Gasteiger partial charge < -0.3 is 4.42 Å². The molecular formula is C18H23N3OS. The van der Waals surface area contributed by atoms with Crippen LogP contribution in [-0.4, -0.2) is 17.4 Å². The summed E-state index contributed by atoms with van der Waals surface area (Å²) in [5.74, 6) is 1.40. The molecule has 0 saturated heterocycles. The molecule has 1 aliphatic rings. The molecule has 1 saturated carbocycles. The molecule has 0 unspecified atom stereocenters. The maximum Gasteiger partial charge on any atom is 0.206 e. The molecule has 2 heterocycles. The molecule has 0 N–H and O–H groups in total. The summed E-state index contributed by atoms with van der Waals surface area (Å²) in [7, 11) is 0. The monoisotopic (exact) mass is 329 g/mol. The topological polar surface area (TPSA) is 42.8 Å². The zero-order valence-electron chi connectivity index (χ0n) is 13.6. The fourth-order valence-corrected chi connectivity index (χ4v) is 3.58. The third-order valence-corrected chi connectivity index (χ3v) is 4.84. The Kier molecular flexibility index (Phi) is 5.28. The van der Waals surface area contributed by atoms with E-state index in [2.05, 4.69) is 17.8 Å². The third kappa shape index (κ3) is 4.10. The highest BCUT2D eigenvalue weighted by atomic mass is 32.1. The number of rotatable bonds is 5. The van der Waals surface area contributed by atoms with E-state index in [0.717, 1.165) is 21.8 Å². The minimum Gasteiger partial charge on any atom is -0.463 e. The first-order valence-electron chi connectivity index (χ1n) is 8.18. The van der Waals surface area contributed by atoms with E-state index < -0.39 is 0 Å². The van der Waals surface area contributed by atoms with Gasteiger partial charge in [0.2, 0.25) is 4.80 Å². The number of hydrogen-bond donors (Lipinski definition) is 0. The number of aromatic nitrogens is 1. The van der Waals surface area contributed by atoms with Gasteiger partial charge in [-0.1, -0.05) is 31.4 Å². The van der Waals surface area contributed by atoms with Gasteiger partial charge in [0.05, 0.1) is 12.8 Å². The molecule has 2 aromatic heterocycles. The normalized spacial score (nSPS) is 17.2. The molecule has 0 amide bonds. The van der Waals surface area contributed by atoms with Gasteiger partial charge in [-0.05, 0) is 37.8 Å². The van der Waals surface area contributed by atoms with Crippen LogP contribution in [-0.2, 0) is 0 Å². The molecule has 3 rings (SSSR count). The first-order valence-corrected chi connectivity index (χ1v) is 9.06. The second-order valence-corrected chi connectivity index (χ2v) is 6.97. The SMILES string of the molecule is C=C(C)CN=c1scc(-c2ccco2)n1N=CC1CCCCC1. The van der Waals surface area contributed by atoms with Gasteiger partial charge in [0.15, 0.2) is 5.76 Å². The molecule has 2 aromatic rings. The Morgan fingerprint density at radius 1 is 1.43 bits per heavy atom. The van der Waals surface area contributed by atoms with Crippen LogP contribution in [0.5, 0.6) is 0 Å². The molecule has 0 atom stereocenters. The lowest BCUT2D eigenvalue weighted by Crippen LogP contribution is -2.15. The molecule has 1 aliphatic carbocycles. The lowest BCUT2D eigenvalue weighted by Gasteiger charge is -2.16. The summed E-state index contributed by atoms with van der Waals surface area (Å²) in [6.45, 7) is 6.53. The zero-order chi connectivity index (χ0) is 16.1. The molecule has 0 radical (unpaired) electrons. The fraction of sp³-hybridized carbons (Fsp3) is 0.444. The average Bonchev–Trinajstić information content (AvgIpc) is 3.21. The standard InChI is InChI=1S/C18H23N3OS/c1-14(2)11-19-18-21(20-12-15-7-4-3-5-8-15)16(13-23-18)17-9-6-10-22-17/h6,9-10,12-13,15H,1,3-5,7-8,11H2,2H3. The Bertz CT molecular complexity index is 731. The number of nitrogens with zero attached hydrogens (tertiary/aromatic N) is 3. The van der Waals surface area contributed by atoms with Crippen molar-refractivity contribution in [3.8, 4) is 11.5 Å². The molecule has 5 heteroatoms. The van der Waals surface area contributed by atoms with Crippen LogP contribution in [0.15, 0.2) is 50.4 Å². The number of hydrogen-bond acceptors (Lipinski definition) is 4. The Balaban J connectivity index is 1.93. The van der Waals surface area contributed by atoms with Gasteiger partial charge in [-0.25, -0.2) is 4.68 Å². The summed E-state index contributed by atoms with van der Waals surface area (Å²) in [6.07, 6.45) is 10.2. The van der Waals surface area contributed by atoms with Crippen LogP contribution in [0.25, 0.3) is 11.5 Å². The van der Waals surface area contributed by atoms with Crippen LogP contribution < -0.4 is 4.80 Å². The van der Waals surface area contributed by atoms with Gasteiger partial charge in [0.25, 0.3) is 0 Å². The van der Waals surface area contributed by atoms with Gasteiger partial charge in [-0.3, -0.25) is 4.99 Å². The third-order valence-electron chi connectivity index (χ3n) is 3.99. The molecule has 4 nitrogen and oxygen atoms in total. The zero-order valence-corrected chi connectivity index (χ0v) is 14.4. The summed E-state index contributed by atoms with van der Waals surface area (Å²) < 4.78 is 7.45. The lowest BCUT2D eigenvalue weighted by molar-refractivity contribution is 0.443. The van der Waals surface area contributed by atoms with E-state index in [4.69, 9.17) is 9.52 Å². The van der Waals surface area contributed by atoms with Crippen molar-refractivity contribution in [1.29, 1.82) is 0 Å². The van der Waals surface area contributed by atoms with E-state index in [1.54, 1.807) is 17.6 Å². The Morgan fingerprint density at radius 3 is 2.96 bits per heavy atom. The van der Waals surface area contributed by atoms with Crippen molar-refractivity contribution in [1.82, 2.24) is 4.68 Å². The van der Waals surface area contributed by atoms with Crippen molar-refractivity contribution in [3.05, 3.63) is 40.7 Å². The van der Waals surface area contributed by atoms with E-state index in [1.807, 2.05) is 29.1 Å². The minimum absolute atomic E-state index is 0.578. The van der Waals surface area contributed by atoms with Crippen LogP contribution in [0.4, 0.5) is 0 Å². The molecular weight excluding hydrogens is 306 g/mol. The van der Waals surface area contributed by atoms with Gasteiger partial charge in [0, 0.05) is 11.6 Å². The Hall–Kier alpha value is -1.88. The predicted molar refractivity (Wildman–Crippen MR) is 95.7 cm³/mol. The molecule has 23 heavy (non-hydrogen) atoms. The summed E-state index contributed by atoms with van der Waals surface area (Å²) in [6, 6.07) is 3.85. The second kappa shape index (κ2) is 7.59. The van der Waals surface area contributed by atoms with Crippen molar-refractivity contribution in [3.63, 3.8) is 0 Å². The van der Waals surface area contributed by atoms with Gasteiger partial charge >= 0.3 is 0 Å². The molecule has 0 spiro atoms. The van der Waals surface area contributed by atoms with Crippen molar-refractivity contribution in [2.45, 2.75) is 39.0 Å². The quantitative estimate of drug-likeness (QED) is 0.579. The summed E-state index contributed by atoms with van der Waals surface area (Å²) in [4.78, 5) is 5.51. The van der Waals surface area contributed by atoms with Gasteiger partial charge in [-0.15, -0.1) is 11.3 Å². The highest BCUT2D eigenvalue weighted by Crippen LogP contribution is 2.23. The minimum atomic E-state index is 0.578. The first-order chi connectivity index (χ1) is 11.2. The maximum atomic E-state index is 5.54. The van der Waals surface area contributed by atoms with Crippen molar-refractivity contribution in [2.75, 3.05) is 6.54 Å². The molecule has 122 valence electrons. The van der Waals surface area contributed by atoms with E-state index in [1.165, 1.54) is 32.1 Å². The summed E-state index contributed by atoms with van der Waals surface area (Å²) >= 11 is 1.58. The Labute approximate surface area is 140 Å². The van der Waals surface area contributed by atoms with Crippen LogP contribution in [0, 0.1) is 5.92 Å². The molecule has 0 aliphatic heterocycles. The number of furan rings is 1. The van der Waals surface area contributed by atoms with Gasteiger partial charge in [0.1, 0.15) is 5.69 Å². The Morgan fingerprint density at radius 2 is 2.26 bits per heavy atom. The van der Waals surface area contributed by atoms with Gasteiger partial charge in [-0.2, -0.15) is 5.10 Å². The molecule has 0 bridgehead atoms.